The summed E-state index contributed by atoms with van der Waals surface area (Å²) in [6.07, 6.45) is 10.9. The molecule has 0 radical (unpaired) electrons. The third kappa shape index (κ3) is 4.45. The number of H-pyrrole nitrogens is 1. The van der Waals surface area contributed by atoms with E-state index in [-0.39, 0.29) is 0 Å². The van der Waals surface area contributed by atoms with Gasteiger partial charge in [0, 0.05) is 42.9 Å². The van der Waals surface area contributed by atoms with E-state index in [1.54, 1.807) is 18.6 Å². The lowest BCUT2D eigenvalue weighted by molar-refractivity contribution is 0.573. The van der Waals surface area contributed by atoms with Gasteiger partial charge in [-0.05, 0) is 43.5 Å². The van der Waals surface area contributed by atoms with Crippen LogP contribution in [0.4, 0.5) is 17.2 Å². The summed E-state index contributed by atoms with van der Waals surface area (Å²) >= 11 is 0. The normalized spacial score (nSPS) is 13.7. The number of hydrogen-bond acceptors (Lipinski definition) is 6. The molecular weight excluding hydrogens is 362 g/mol. The molecule has 7 heteroatoms. The maximum absolute atomic E-state index is 4.60. The molecule has 0 unspecified atom stereocenters. The average molecular weight is 387 g/mol. The van der Waals surface area contributed by atoms with E-state index in [2.05, 4.69) is 54.9 Å². The molecule has 0 amide bonds. The largest absolute Gasteiger partial charge is 0.357 e. The highest BCUT2D eigenvalue weighted by molar-refractivity contribution is 5.84. The number of nitrogens with one attached hydrogen (secondary N) is 3. The number of aromatic nitrogens is 4. The highest BCUT2D eigenvalue weighted by Crippen LogP contribution is 2.26. The van der Waals surface area contributed by atoms with Crippen LogP contribution < -0.4 is 15.5 Å². The topological polar surface area (TPSA) is 81.8 Å². The molecule has 1 fully saturated rings. The minimum Gasteiger partial charge on any atom is -0.357 e. The fourth-order valence-corrected chi connectivity index (χ4v) is 3.39. The van der Waals surface area contributed by atoms with Gasteiger partial charge in [0.1, 0.15) is 11.5 Å². The Morgan fingerprint density at radius 1 is 1.00 bits per heavy atom. The molecule has 0 bridgehead atoms. The highest BCUT2D eigenvalue weighted by atomic mass is 15.2. The van der Waals surface area contributed by atoms with Crippen molar-refractivity contribution in [2.75, 3.05) is 28.6 Å². The second-order valence-electron chi connectivity index (χ2n) is 7.05. The second kappa shape index (κ2) is 8.60. The maximum Gasteiger partial charge on any atom is 0.131 e. The molecule has 0 atom stereocenters. The summed E-state index contributed by atoms with van der Waals surface area (Å²) in [4.78, 5) is 11.1. The van der Waals surface area contributed by atoms with Crippen molar-refractivity contribution in [3.63, 3.8) is 0 Å². The summed E-state index contributed by atoms with van der Waals surface area (Å²) in [5.41, 5.74) is 4.66. The lowest BCUT2D eigenvalue weighted by Crippen LogP contribution is -2.30. The summed E-state index contributed by atoms with van der Waals surface area (Å²) in [5, 5.41) is 13.8. The van der Waals surface area contributed by atoms with E-state index in [9.17, 15) is 0 Å². The third-order valence-electron chi connectivity index (χ3n) is 4.94. The molecule has 3 aromatic heterocycles. The molecule has 29 heavy (non-hydrogen) atoms. The van der Waals surface area contributed by atoms with Gasteiger partial charge >= 0.3 is 0 Å². The van der Waals surface area contributed by atoms with E-state index in [1.165, 1.54) is 19.3 Å². The summed E-state index contributed by atoms with van der Waals surface area (Å²) < 4.78 is 0. The summed E-state index contributed by atoms with van der Waals surface area (Å²) in [7, 11) is 0. The highest BCUT2D eigenvalue weighted by Gasteiger charge is 2.14. The van der Waals surface area contributed by atoms with Crippen molar-refractivity contribution in [2.24, 2.45) is 0 Å². The van der Waals surface area contributed by atoms with Gasteiger partial charge in [-0.15, -0.1) is 0 Å². The van der Waals surface area contributed by atoms with Gasteiger partial charge < -0.3 is 15.5 Å². The van der Waals surface area contributed by atoms with Gasteiger partial charge in [-0.25, -0.2) is 4.98 Å². The Morgan fingerprint density at radius 2 is 1.86 bits per heavy atom. The number of nitrogens with zero attached hydrogens (tertiary/aromatic N) is 4. The van der Waals surface area contributed by atoms with Gasteiger partial charge in [0.05, 0.1) is 23.3 Å². The van der Waals surface area contributed by atoms with Crippen LogP contribution in [-0.4, -0.2) is 33.3 Å². The van der Waals surface area contributed by atoms with Crippen molar-refractivity contribution in [1.29, 1.82) is 0 Å². The van der Waals surface area contributed by atoms with Gasteiger partial charge in [-0.2, -0.15) is 5.10 Å². The number of hydrogen-bond donors (Lipinski definition) is 3. The zero-order valence-electron chi connectivity index (χ0n) is 16.4. The SMILES string of the molecule is C=C(Nc1c[nH]nc1C(=C)Nc1ccc(N2CCCCC2)nc1)c1cccnc1. The Labute approximate surface area is 170 Å². The molecule has 1 saturated heterocycles. The standard InChI is InChI=1S/C22H25N7/c1-16(18-7-6-10-23-13-18)27-20-15-25-28-22(20)17(2)26-19-8-9-21(24-14-19)29-11-4-3-5-12-29/h6-10,13-15,26-27H,1-5,11-12H2,(H,25,28). The van der Waals surface area contributed by atoms with Crippen LogP contribution in [0.1, 0.15) is 30.5 Å². The second-order valence-corrected chi connectivity index (χ2v) is 7.05. The Morgan fingerprint density at radius 3 is 2.59 bits per heavy atom. The zero-order chi connectivity index (χ0) is 20.1. The molecule has 0 spiro atoms. The van der Waals surface area contributed by atoms with Crippen molar-refractivity contribution in [2.45, 2.75) is 19.3 Å². The molecule has 4 heterocycles. The number of pyridine rings is 2. The van der Waals surface area contributed by atoms with Gasteiger partial charge in [0.25, 0.3) is 0 Å². The average Bonchev–Trinajstić information content (AvgIpc) is 3.24. The summed E-state index contributed by atoms with van der Waals surface area (Å²) in [6.45, 7) is 10.4. The molecule has 1 aliphatic rings. The molecule has 4 rings (SSSR count). The Kier molecular flexibility index (Phi) is 5.56. The first-order chi connectivity index (χ1) is 14.2. The third-order valence-corrected chi connectivity index (χ3v) is 4.94. The maximum atomic E-state index is 4.60. The van der Waals surface area contributed by atoms with E-state index >= 15 is 0 Å². The van der Waals surface area contributed by atoms with E-state index < -0.39 is 0 Å². The van der Waals surface area contributed by atoms with E-state index in [0.29, 0.717) is 11.4 Å². The van der Waals surface area contributed by atoms with Crippen LogP contribution in [0.5, 0.6) is 0 Å². The molecule has 0 saturated carbocycles. The Bertz CT molecular complexity index is 970. The minimum absolute atomic E-state index is 0.667. The number of aromatic amines is 1. The molecular formula is C22H25N7. The quantitative estimate of drug-likeness (QED) is 0.559. The molecule has 0 aromatic carbocycles. The molecule has 3 N–H and O–H groups in total. The van der Waals surface area contributed by atoms with Gasteiger partial charge in [-0.3, -0.25) is 10.1 Å². The number of anilines is 3. The molecule has 0 aliphatic carbocycles. The van der Waals surface area contributed by atoms with Crippen molar-refractivity contribution in [3.8, 4) is 0 Å². The summed E-state index contributed by atoms with van der Waals surface area (Å²) in [6, 6.07) is 7.90. The predicted octanol–water partition coefficient (Wildman–Crippen LogP) is 4.36. The van der Waals surface area contributed by atoms with Crippen molar-refractivity contribution in [3.05, 3.63) is 73.5 Å². The number of piperidine rings is 1. The smallest absolute Gasteiger partial charge is 0.131 e. The van der Waals surface area contributed by atoms with Crippen LogP contribution in [0.15, 0.2) is 62.2 Å². The lowest BCUT2D eigenvalue weighted by Gasteiger charge is -2.27. The van der Waals surface area contributed by atoms with Crippen molar-refractivity contribution < 1.29 is 0 Å². The van der Waals surface area contributed by atoms with Crippen LogP contribution in [0, 0.1) is 0 Å². The summed E-state index contributed by atoms with van der Waals surface area (Å²) in [5.74, 6) is 1.02. The fraction of sp³-hybridized carbons (Fsp3) is 0.227. The van der Waals surface area contributed by atoms with Crippen molar-refractivity contribution in [1.82, 2.24) is 20.2 Å². The molecule has 7 nitrogen and oxygen atoms in total. The molecule has 3 aromatic rings. The van der Waals surface area contributed by atoms with Crippen LogP contribution in [-0.2, 0) is 0 Å². The van der Waals surface area contributed by atoms with Gasteiger partial charge in [-0.1, -0.05) is 13.2 Å². The zero-order valence-corrected chi connectivity index (χ0v) is 16.4. The van der Waals surface area contributed by atoms with E-state index in [4.69, 9.17) is 0 Å². The minimum atomic E-state index is 0.667. The molecule has 1 aliphatic heterocycles. The predicted molar refractivity (Wildman–Crippen MR) is 118 cm³/mol. The lowest BCUT2D eigenvalue weighted by atomic mass is 10.1. The van der Waals surface area contributed by atoms with E-state index in [0.717, 1.165) is 41.5 Å². The van der Waals surface area contributed by atoms with E-state index in [1.807, 2.05) is 24.4 Å². The van der Waals surface area contributed by atoms with Crippen LogP contribution in [0.3, 0.4) is 0 Å². The van der Waals surface area contributed by atoms with Crippen molar-refractivity contribution >= 4 is 28.6 Å². The Balaban J connectivity index is 1.41. The fourth-order valence-electron chi connectivity index (χ4n) is 3.39. The Hall–Kier alpha value is -3.61. The van der Waals surface area contributed by atoms with Crippen LogP contribution in [0.25, 0.3) is 11.4 Å². The first kappa shape index (κ1) is 18.7. The van der Waals surface area contributed by atoms with Crippen LogP contribution in [0.2, 0.25) is 0 Å². The van der Waals surface area contributed by atoms with Gasteiger partial charge in [0.2, 0.25) is 0 Å². The van der Waals surface area contributed by atoms with Crippen LogP contribution >= 0.6 is 0 Å². The number of rotatable bonds is 7. The molecule has 148 valence electrons. The monoisotopic (exact) mass is 387 g/mol. The first-order valence-corrected chi connectivity index (χ1v) is 9.78. The van der Waals surface area contributed by atoms with Gasteiger partial charge in [0.15, 0.2) is 0 Å². The first-order valence-electron chi connectivity index (χ1n) is 9.78.